The minimum Gasteiger partial charge on any atom is -0.457 e. The molecule has 6 heterocycles. The Kier molecular flexibility index (Phi) is 7.10. The van der Waals surface area contributed by atoms with E-state index in [2.05, 4.69) is 190 Å². The molecule has 1 aliphatic carbocycles. The molecule has 0 atom stereocenters. The van der Waals surface area contributed by atoms with Crippen molar-refractivity contribution in [2.24, 2.45) is 0 Å². The fraction of sp³-hybridized carbons (Fsp3) is 0.0167. The monoisotopic (exact) mass is 854 g/mol. The van der Waals surface area contributed by atoms with E-state index in [9.17, 15) is 5.26 Å². The molecular formula is C60H34N6O. The Bertz CT molecular complexity index is 4250. The van der Waals surface area contributed by atoms with E-state index in [0.29, 0.717) is 5.56 Å². The SMILES string of the molecule is N#Cc1ccc2c(c1)c1ccccc1n2-c1ccc2c(c1)c1ccccc1n2-c1ccc2c(c1)Oc1cccc(-n3c4ccccc4c4ccccc43)c1C21c2cccnc2-c2ncccc21. The Balaban J connectivity index is 0.981. The number of ether oxygens (including phenoxy) is 1. The number of pyridine rings is 2. The van der Waals surface area contributed by atoms with Crippen molar-refractivity contribution in [3.8, 4) is 46.0 Å². The number of nitriles is 1. The molecule has 310 valence electrons. The molecule has 5 aromatic heterocycles. The first-order valence-electron chi connectivity index (χ1n) is 22.5. The number of nitrogens with zero attached hydrogens (tertiary/aromatic N) is 6. The highest BCUT2D eigenvalue weighted by molar-refractivity contribution is 6.13. The summed E-state index contributed by atoms with van der Waals surface area (Å²) < 4.78 is 14.4. The van der Waals surface area contributed by atoms with Gasteiger partial charge in [-0.05, 0) is 102 Å². The van der Waals surface area contributed by atoms with E-state index in [1.807, 2.05) is 36.7 Å². The predicted octanol–water partition coefficient (Wildman–Crippen LogP) is 14.1. The van der Waals surface area contributed by atoms with Crippen LogP contribution < -0.4 is 4.74 Å². The molecule has 0 fully saturated rings. The lowest BCUT2D eigenvalue weighted by Crippen LogP contribution is -2.33. The van der Waals surface area contributed by atoms with Crippen LogP contribution in [0.4, 0.5) is 0 Å². The molecule has 13 aromatic rings. The second kappa shape index (κ2) is 13.2. The van der Waals surface area contributed by atoms with Crippen molar-refractivity contribution in [3.05, 3.63) is 234 Å². The molecule has 1 aliphatic heterocycles. The van der Waals surface area contributed by atoms with Crippen molar-refractivity contribution in [2.45, 2.75) is 5.41 Å². The molecule has 0 unspecified atom stereocenters. The molecule has 0 saturated carbocycles. The summed E-state index contributed by atoms with van der Waals surface area (Å²) in [7, 11) is 0. The highest BCUT2D eigenvalue weighted by Gasteiger charge is 2.54. The van der Waals surface area contributed by atoms with Crippen molar-refractivity contribution in [3.63, 3.8) is 0 Å². The zero-order valence-corrected chi connectivity index (χ0v) is 35.7. The maximum absolute atomic E-state index is 9.79. The zero-order chi connectivity index (χ0) is 44.0. The Morgan fingerprint density at radius 2 is 0.910 bits per heavy atom. The largest absolute Gasteiger partial charge is 0.457 e. The van der Waals surface area contributed by atoms with Gasteiger partial charge in [0.25, 0.3) is 0 Å². The van der Waals surface area contributed by atoms with Gasteiger partial charge in [-0.25, -0.2) is 0 Å². The van der Waals surface area contributed by atoms with E-state index in [0.717, 1.165) is 117 Å². The fourth-order valence-corrected chi connectivity index (χ4v) is 11.8. The predicted molar refractivity (Wildman–Crippen MR) is 267 cm³/mol. The molecule has 0 amide bonds. The van der Waals surface area contributed by atoms with Crippen LogP contribution in [0.15, 0.2) is 207 Å². The standard InChI is InChI=1S/C60H34N6O/c61-35-36-24-28-52-43(32-36)41-14-3-5-18-48(41)64(52)37-26-29-53-44(33-37)42-15-4-6-19-49(42)65(53)38-25-27-45-56(34-38)67-55-23-9-22-54(66-50-20-7-1-12-39(50)40-13-2-8-21-51(40)66)57(55)60(45)46-16-10-30-62-58(46)59-47(60)17-11-31-63-59/h1-34H. The maximum Gasteiger partial charge on any atom is 0.134 e. The van der Waals surface area contributed by atoms with Gasteiger partial charge in [-0.1, -0.05) is 97.1 Å². The van der Waals surface area contributed by atoms with Gasteiger partial charge in [-0.3, -0.25) is 9.97 Å². The summed E-state index contributed by atoms with van der Waals surface area (Å²) in [6.07, 6.45) is 3.75. The van der Waals surface area contributed by atoms with Crippen molar-refractivity contribution in [1.29, 1.82) is 5.26 Å². The number of hydrogen-bond donors (Lipinski definition) is 0. The van der Waals surface area contributed by atoms with Crippen molar-refractivity contribution >= 4 is 65.4 Å². The molecule has 0 saturated heterocycles. The first kappa shape index (κ1) is 36.1. The van der Waals surface area contributed by atoms with E-state index in [1.165, 1.54) is 10.8 Å². The van der Waals surface area contributed by atoms with Crippen LogP contribution >= 0.6 is 0 Å². The Hall–Kier alpha value is -9.25. The van der Waals surface area contributed by atoms with Crippen LogP contribution in [-0.2, 0) is 5.41 Å². The number of rotatable bonds is 3. The molecule has 8 aromatic carbocycles. The van der Waals surface area contributed by atoms with Crippen LogP contribution in [0.25, 0.3) is 93.9 Å². The summed E-state index contributed by atoms with van der Waals surface area (Å²) in [5.74, 6) is 1.57. The summed E-state index contributed by atoms with van der Waals surface area (Å²) >= 11 is 0. The maximum atomic E-state index is 9.79. The summed E-state index contributed by atoms with van der Waals surface area (Å²) in [6, 6.07) is 71.3. The number of benzene rings is 8. The Labute approximate surface area is 383 Å². The zero-order valence-electron chi connectivity index (χ0n) is 35.7. The van der Waals surface area contributed by atoms with Gasteiger partial charge >= 0.3 is 0 Å². The summed E-state index contributed by atoms with van der Waals surface area (Å²) in [5, 5.41) is 16.7. The number of hydrogen-bond acceptors (Lipinski definition) is 4. The summed E-state index contributed by atoms with van der Waals surface area (Å²) in [4.78, 5) is 10.1. The van der Waals surface area contributed by atoms with Crippen molar-refractivity contribution in [1.82, 2.24) is 23.7 Å². The van der Waals surface area contributed by atoms with Gasteiger partial charge in [0.2, 0.25) is 0 Å². The third-order valence-electron chi connectivity index (χ3n) is 14.4. The van der Waals surface area contributed by atoms with Crippen molar-refractivity contribution in [2.75, 3.05) is 0 Å². The Morgan fingerprint density at radius 3 is 1.52 bits per heavy atom. The summed E-state index contributed by atoms with van der Waals surface area (Å²) in [5.41, 5.74) is 15.5. The van der Waals surface area contributed by atoms with Crippen LogP contribution in [0.5, 0.6) is 11.5 Å². The lowest BCUT2D eigenvalue weighted by Gasteiger charge is -2.40. The minimum absolute atomic E-state index is 0.649. The smallest absolute Gasteiger partial charge is 0.134 e. The molecular weight excluding hydrogens is 821 g/mol. The third-order valence-corrected chi connectivity index (χ3v) is 14.4. The van der Waals surface area contributed by atoms with Crippen LogP contribution in [0.3, 0.4) is 0 Å². The molecule has 1 spiro atoms. The van der Waals surface area contributed by atoms with Gasteiger partial charge in [0.05, 0.1) is 67.2 Å². The second-order valence-electron chi connectivity index (χ2n) is 17.6. The van der Waals surface area contributed by atoms with Crippen LogP contribution in [0.2, 0.25) is 0 Å². The van der Waals surface area contributed by atoms with Crippen LogP contribution in [0, 0.1) is 11.3 Å². The molecule has 0 radical (unpaired) electrons. The first-order chi connectivity index (χ1) is 33.2. The lowest BCUT2D eigenvalue weighted by molar-refractivity contribution is 0.435. The Morgan fingerprint density at radius 1 is 0.403 bits per heavy atom. The first-order valence-corrected chi connectivity index (χ1v) is 22.5. The van der Waals surface area contributed by atoms with E-state index in [-0.39, 0.29) is 0 Å². The topological polar surface area (TPSA) is 73.6 Å². The summed E-state index contributed by atoms with van der Waals surface area (Å²) in [6.45, 7) is 0. The molecule has 0 N–H and O–H groups in total. The number of para-hydroxylation sites is 4. The van der Waals surface area contributed by atoms with Gasteiger partial charge in [0, 0.05) is 73.3 Å². The van der Waals surface area contributed by atoms with Gasteiger partial charge in [-0.2, -0.15) is 5.26 Å². The molecule has 0 bridgehead atoms. The fourth-order valence-electron chi connectivity index (χ4n) is 11.8. The van der Waals surface area contributed by atoms with Gasteiger partial charge in [-0.15, -0.1) is 0 Å². The second-order valence-corrected chi connectivity index (χ2v) is 17.6. The molecule has 7 nitrogen and oxygen atoms in total. The highest BCUT2D eigenvalue weighted by atomic mass is 16.5. The van der Waals surface area contributed by atoms with Crippen molar-refractivity contribution < 1.29 is 4.74 Å². The van der Waals surface area contributed by atoms with E-state index in [4.69, 9.17) is 14.7 Å². The van der Waals surface area contributed by atoms with E-state index < -0.39 is 5.41 Å². The normalized spacial score (nSPS) is 13.3. The number of aromatic nitrogens is 5. The van der Waals surface area contributed by atoms with E-state index in [1.54, 1.807) is 0 Å². The van der Waals surface area contributed by atoms with Gasteiger partial charge in [0.15, 0.2) is 0 Å². The molecule has 7 heteroatoms. The van der Waals surface area contributed by atoms with Gasteiger partial charge < -0.3 is 18.4 Å². The van der Waals surface area contributed by atoms with E-state index >= 15 is 0 Å². The lowest BCUT2D eigenvalue weighted by atomic mass is 9.65. The molecule has 67 heavy (non-hydrogen) atoms. The molecule has 2 aliphatic rings. The minimum atomic E-state index is -0.816. The average molecular weight is 855 g/mol. The number of fused-ring (bicyclic) bond motifs is 18. The van der Waals surface area contributed by atoms with Crippen LogP contribution in [-0.4, -0.2) is 23.7 Å². The quantitative estimate of drug-likeness (QED) is 0.177. The van der Waals surface area contributed by atoms with Crippen LogP contribution in [0.1, 0.15) is 27.8 Å². The average Bonchev–Trinajstić information content (AvgIpc) is 4.10. The third kappa shape index (κ3) is 4.63. The molecule has 15 rings (SSSR count). The highest BCUT2D eigenvalue weighted by Crippen LogP contribution is 2.63. The van der Waals surface area contributed by atoms with Gasteiger partial charge in [0.1, 0.15) is 11.5 Å².